The molecule has 176 valence electrons. The Hall–Kier alpha value is -3.63. The fourth-order valence-corrected chi connectivity index (χ4v) is 3.69. The van der Waals surface area contributed by atoms with Crippen molar-refractivity contribution in [3.8, 4) is 0 Å². The molecule has 0 aromatic heterocycles. The number of alkyl halides is 3. The third kappa shape index (κ3) is 5.60. The maximum Gasteiger partial charge on any atom is 0.416 e. The molecule has 11 heteroatoms. The number of anilines is 1. The van der Waals surface area contributed by atoms with Crippen molar-refractivity contribution in [3.05, 3.63) is 69.3 Å². The lowest BCUT2D eigenvalue weighted by Crippen LogP contribution is -2.48. The van der Waals surface area contributed by atoms with Crippen LogP contribution in [0.15, 0.2) is 42.5 Å². The monoisotopic (exact) mass is 464 g/mol. The minimum atomic E-state index is -4.51. The molecular weight excluding hydrogens is 441 g/mol. The van der Waals surface area contributed by atoms with Crippen LogP contribution in [0.2, 0.25) is 0 Å². The molecule has 1 saturated heterocycles. The first-order valence-electron chi connectivity index (χ1n) is 10.2. The molecule has 0 spiro atoms. The quantitative estimate of drug-likeness (QED) is 0.537. The topological polar surface area (TPSA) is 95.8 Å². The van der Waals surface area contributed by atoms with E-state index in [1.165, 1.54) is 38.1 Å². The fraction of sp³-hybridized carbons (Fsp3) is 0.364. The zero-order valence-corrected chi connectivity index (χ0v) is 18.1. The van der Waals surface area contributed by atoms with Crippen LogP contribution in [0.25, 0.3) is 0 Å². The summed E-state index contributed by atoms with van der Waals surface area (Å²) in [5.74, 6) is -0.706. The number of hydrogen-bond acceptors (Lipinski definition) is 5. The first kappa shape index (κ1) is 24.0. The minimum absolute atomic E-state index is 0.0200. The van der Waals surface area contributed by atoms with E-state index in [1.807, 2.05) is 0 Å². The highest BCUT2D eigenvalue weighted by Crippen LogP contribution is 2.32. The van der Waals surface area contributed by atoms with E-state index in [2.05, 4.69) is 5.32 Å². The van der Waals surface area contributed by atoms with Gasteiger partial charge in [-0.15, -0.1) is 0 Å². The molecule has 1 fully saturated rings. The van der Waals surface area contributed by atoms with Crippen molar-refractivity contribution in [1.82, 2.24) is 10.2 Å². The van der Waals surface area contributed by atoms with E-state index >= 15 is 0 Å². The van der Waals surface area contributed by atoms with Crippen LogP contribution in [-0.2, 0) is 11.0 Å². The average Bonchev–Trinajstić information content (AvgIpc) is 2.78. The number of carbonyl (C=O) groups excluding carboxylic acids is 2. The molecule has 8 nitrogen and oxygen atoms in total. The lowest BCUT2D eigenvalue weighted by Gasteiger charge is -2.35. The zero-order chi connectivity index (χ0) is 24.3. The van der Waals surface area contributed by atoms with Gasteiger partial charge < -0.3 is 15.1 Å². The fourth-order valence-electron chi connectivity index (χ4n) is 3.69. The Bertz CT molecular complexity index is 1070. The normalized spacial score (nSPS) is 15.2. The van der Waals surface area contributed by atoms with Gasteiger partial charge in [0.25, 0.3) is 11.6 Å². The van der Waals surface area contributed by atoms with Crippen LogP contribution in [-0.4, -0.2) is 47.8 Å². The summed E-state index contributed by atoms with van der Waals surface area (Å²) in [4.78, 5) is 38.7. The first-order valence-corrected chi connectivity index (χ1v) is 10.2. The summed E-state index contributed by atoms with van der Waals surface area (Å²) < 4.78 is 38.9. The lowest BCUT2D eigenvalue weighted by molar-refractivity contribution is -0.384. The standard InChI is InChI=1S/C22H23F3N4O4/c1-14(16-4-3-5-18(12-16)22(23,24)25)26-21(31)17-6-7-19(20(13-17)29(32)33)28-10-8-27(9-11-28)15(2)30/h3-7,12-14H,8-11H2,1-2H3,(H,26,31). The van der Waals surface area contributed by atoms with Crippen LogP contribution >= 0.6 is 0 Å². The van der Waals surface area contributed by atoms with Gasteiger partial charge >= 0.3 is 6.18 Å². The SMILES string of the molecule is CC(=O)N1CCN(c2ccc(C(=O)NC(C)c3cccc(C(F)(F)F)c3)cc2[N+](=O)[O-])CC1. The number of nitrogens with one attached hydrogen (secondary N) is 1. The van der Waals surface area contributed by atoms with Crippen LogP contribution < -0.4 is 10.2 Å². The molecule has 1 atom stereocenters. The van der Waals surface area contributed by atoms with E-state index in [0.29, 0.717) is 31.9 Å². The lowest BCUT2D eigenvalue weighted by atomic mass is 10.0. The number of piperazine rings is 1. The summed E-state index contributed by atoms with van der Waals surface area (Å²) in [5.41, 5.74) is -0.471. The van der Waals surface area contributed by atoms with Crippen molar-refractivity contribution < 1.29 is 27.7 Å². The van der Waals surface area contributed by atoms with Crippen molar-refractivity contribution in [3.63, 3.8) is 0 Å². The van der Waals surface area contributed by atoms with Crippen LogP contribution in [0, 0.1) is 10.1 Å². The van der Waals surface area contributed by atoms with Gasteiger partial charge in [0.05, 0.1) is 16.5 Å². The second-order valence-corrected chi connectivity index (χ2v) is 7.77. The van der Waals surface area contributed by atoms with E-state index < -0.39 is 28.6 Å². The predicted octanol–water partition coefficient (Wildman–Crippen LogP) is 3.77. The smallest absolute Gasteiger partial charge is 0.362 e. The van der Waals surface area contributed by atoms with E-state index in [0.717, 1.165) is 18.2 Å². The Morgan fingerprint density at radius 3 is 2.33 bits per heavy atom. The van der Waals surface area contributed by atoms with Gasteiger partial charge in [0.1, 0.15) is 5.69 Å². The molecular formula is C22H23F3N4O4. The number of nitro benzene ring substituents is 1. The van der Waals surface area contributed by atoms with Gasteiger partial charge in [0.15, 0.2) is 0 Å². The molecule has 3 rings (SSSR count). The average molecular weight is 464 g/mol. The Morgan fingerprint density at radius 2 is 1.76 bits per heavy atom. The summed E-state index contributed by atoms with van der Waals surface area (Å²) in [5, 5.41) is 14.3. The molecule has 0 radical (unpaired) electrons. The van der Waals surface area contributed by atoms with E-state index in [9.17, 15) is 32.9 Å². The number of rotatable bonds is 5. The Balaban J connectivity index is 1.77. The summed E-state index contributed by atoms with van der Waals surface area (Å²) in [6.45, 7) is 4.69. The Labute approximate surface area is 188 Å². The van der Waals surface area contributed by atoms with Gasteiger partial charge in [0.2, 0.25) is 5.91 Å². The molecule has 1 N–H and O–H groups in total. The second kappa shape index (κ2) is 9.47. The molecule has 2 amide bonds. The Morgan fingerprint density at radius 1 is 1.09 bits per heavy atom. The number of nitrogens with zero attached hydrogens (tertiary/aromatic N) is 3. The summed E-state index contributed by atoms with van der Waals surface area (Å²) in [6.07, 6.45) is -4.51. The van der Waals surface area contributed by atoms with Crippen molar-refractivity contribution >= 4 is 23.2 Å². The third-order valence-electron chi connectivity index (χ3n) is 5.56. The van der Waals surface area contributed by atoms with Crippen LogP contribution in [0.1, 0.15) is 41.4 Å². The van der Waals surface area contributed by atoms with Gasteiger partial charge in [-0.05, 0) is 36.8 Å². The molecule has 1 unspecified atom stereocenters. The third-order valence-corrected chi connectivity index (χ3v) is 5.56. The largest absolute Gasteiger partial charge is 0.416 e. The number of nitro groups is 1. The molecule has 33 heavy (non-hydrogen) atoms. The number of hydrogen-bond donors (Lipinski definition) is 1. The highest BCUT2D eigenvalue weighted by atomic mass is 19.4. The molecule has 0 aliphatic carbocycles. The van der Waals surface area contributed by atoms with Gasteiger partial charge in [-0.25, -0.2) is 0 Å². The van der Waals surface area contributed by atoms with Crippen molar-refractivity contribution in [2.24, 2.45) is 0 Å². The molecule has 2 aromatic rings. The van der Waals surface area contributed by atoms with Crippen molar-refractivity contribution in [2.45, 2.75) is 26.1 Å². The summed E-state index contributed by atoms with van der Waals surface area (Å²) in [6, 6.07) is 7.94. The van der Waals surface area contributed by atoms with Gasteiger partial charge in [-0.2, -0.15) is 13.2 Å². The van der Waals surface area contributed by atoms with Gasteiger partial charge in [0, 0.05) is 44.7 Å². The zero-order valence-electron chi connectivity index (χ0n) is 18.1. The maximum absolute atomic E-state index is 13.0. The molecule has 2 aromatic carbocycles. The van der Waals surface area contributed by atoms with E-state index in [4.69, 9.17) is 0 Å². The Kier molecular flexibility index (Phi) is 6.89. The van der Waals surface area contributed by atoms with Gasteiger partial charge in [-0.3, -0.25) is 19.7 Å². The number of halogens is 3. The summed E-state index contributed by atoms with van der Waals surface area (Å²) >= 11 is 0. The van der Waals surface area contributed by atoms with Crippen LogP contribution in [0.3, 0.4) is 0 Å². The first-order chi connectivity index (χ1) is 15.5. The second-order valence-electron chi connectivity index (χ2n) is 7.77. The highest BCUT2D eigenvalue weighted by molar-refractivity contribution is 5.96. The van der Waals surface area contributed by atoms with Gasteiger partial charge in [-0.1, -0.05) is 12.1 Å². The number of amides is 2. The predicted molar refractivity (Wildman–Crippen MR) is 115 cm³/mol. The number of carbonyl (C=O) groups is 2. The molecule has 0 bridgehead atoms. The van der Waals surface area contributed by atoms with Crippen LogP contribution in [0.5, 0.6) is 0 Å². The van der Waals surface area contributed by atoms with Crippen molar-refractivity contribution in [2.75, 3.05) is 31.1 Å². The molecule has 1 aliphatic heterocycles. The van der Waals surface area contributed by atoms with Crippen LogP contribution in [0.4, 0.5) is 24.5 Å². The summed E-state index contributed by atoms with van der Waals surface area (Å²) in [7, 11) is 0. The van der Waals surface area contributed by atoms with E-state index in [-0.39, 0.29) is 22.7 Å². The molecule has 1 heterocycles. The van der Waals surface area contributed by atoms with Crippen molar-refractivity contribution in [1.29, 1.82) is 0 Å². The molecule has 1 aliphatic rings. The number of benzene rings is 2. The molecule has 0 saturated carbocycles. The minimum Gasteiger partial charge on any atom is -0.362 e. The highest BCUT2D eigenvalue weighted by Gasteiger charge is 2.31. The maximum atomic E-state index is 13.0. The van der Waals surface area contributed by atoms with E-state index in [1.54, 1.807) is 9.80 Å².